The number of carbonyl (C=O) groups is 1. The van der Waals surface area contributed by atoms with Gasteiger partial charge in [-0.1, -0.05) is 13.8 Å². The Bertz CT molecular complexity index is 312. The first-order valence-electron chi connectivity index (χ1n) is 7.16. The average Bonchev–Trinajstić information content (AvgIpc) is 2.28. The van der Waals surface area contributed by atoms with E-state index >= 15 is 0 Å². The van der Waals surface area contributed by atoms with Gasteiger partial charge >= 0.3 is 0 Å². The molecule has 0 radical (unpaired) electrons. The van der Waals surface area contributed by atoms with Crippen LogP contribution in [0.1, 0.15) is 33.1 Å². The summed E-state index contributed by atoms with van der Waals surface area (Å²) in [5, 5.41) is 3.26. The standard InChI is InChI=1S/C14H27N3O/c1-10-6-14(7-10,9-15)13(18)16-12-4-5-17(3)8-11(12)2/h10-12H,4-9,15H2,1-3H3,(H,16,18). The molecule has 1 aliphatic heterocycles. The zero-order valence-corrected chi connectivity index (χ0v) is 11.9. The summed E-state index contributed by atoms with van der Waals surface area (Å²) >= 11 is 0. The molecule has 2 rings (SSSR count). The lowest BCUT2D eigenvalue weighted by atomic mass is 9.62. The molecule has 0 spiro atoms. The molecule has 2 fully saturated rings. The summed E-state index contributed by atoms with van der Waals surface area (Å²) in [4.78, 5) is 14.7. The molecule has 2 unspecified atom stereocenters. The van der Waals surface area contributed by atoms with E-state index in [4.69, 9.17) is 5.73 Å². The minimum atomic E-state index is -0.261. The Morgan fingerprint density at radius 3 is 2.61 bits per heavy atom. The summed E-state index contributed by atoms with van der Waals surface area (Å²) in [7, 11) is 2.14. The Morgan fingerprint density at radius 2 is 2.11 bits per heavy atom. The summed E-state index contributed by atoms with van der Waals surface area (Å²) in [5.41, 5.74) is 5.56. The molecule has 0 aromatic carbocycles. The maximum atomic E-state index is 12.4. The van der Waals surface area contributed by atoms with Crippen LogP contribution in [-0.2, 0) is 4.79 Å². The molecule has 4 heteroatoms. The molecule has 0 bridgehead atoms. The van der Waals surface area contributed by atoms with Gasteiger partial charge in [-0.2, -0.15) is 0 Å². The van der Waals surface area contributed by atoms with Crippen LogP contribution in [-0.4, -0.2) is 43.5 Å². The van der Waals surface area contributed by atoms with Crippen molar-refractivity contribution in [1.82, 2.24) is 10.2 Å². The second kappa shape index (κ2) is 5.17. The molecule has 2 aliphatic rings. The minimum absolute atomic E-state index is 0.199. The monoisotopic (exact) mass is 253 g/mol. The third-order valence-corrected chi connectivity index (χ3v) is 4.78. The van der Waals surface area contributed by atoms with E-state index in [1.807, 2.05) is 0 Å². The fourth-order valence-electron chi connectivity index (χ4n) is 3.61. The van der Waals surface area contributed by atoms with Gasteiger partial charge in [-0.3, -0.25) is 4.79 Å². The van der Waals surface area contributed by atoms with Gasteiger partial charge in [-0.25, -0.2) is 0 Å². The van der Waals surface area contributed by atoms with E-state index in [0.29, 0.717) is 24.4 Å². The SMILES string of the molecule is CC1CC(CN)(C(=O)NC2CCN(C)CC2C)C1. The molecule has 0 aromatic heterocycles. The zero-order valence-electron chi connectivity index (χ0n) is 11.9. The molecule has 18 heavy (non-hydrogen) atoms. The van der Waals surface area contributed by atoms with Crippen LogP contribution >= 0.6 is 0 Å². The van der Waals surface area contributed by atoms with Crippen molar-refractivity contribution in [1.29, 1.82) is 0 Å². The number of nitrogens with one attached hydrogen (secondary N) is 1. The largest absolute Gasteiger partial charge is 0.352 e. The molecule has 3 N–H and O–H groups in total. The van der Waals surface area contributed by atoms with Crippen molar-refractivity contribution in [3.63, 3.8) is 0 Å². The van der Waals surface area contributed by atoms with E-state index in [-0.39, 0.29) is 11.3 Å². The Balaban J connectivity index is 1.91. The Hall–Kier alpha value is -0.610. The Kier molecular flexibility index (Phi) is 3.97. The average molecular weight is 253 g/mol. The number of hydrogen-bond donors (Lipinski definition) is 2. The second-order valence-corrected chi connectivity index (χ2v) is 6.61. The molecule has 1 aliphatic carbocycles. The molecule has 1 saturated carbocycles. The van der Waals surface area contributed by atoms with E-state index in [9.17, 15) is 4.79 Å². The first kappa shape index (κ1) is 13.8. The van der Waals surface area contributed by atoms with Crippen LogP contribution < -0.4 is 11.1 Å². The van der Waals surface area contributed by atoms with Gasteiger partial charge < -0.3 is 16.0 Å². The van der Waals surface area contributed by atoms with Crippen LogP contribution in [0, 0.1) is 17.3 Å². The van der Waals surface area contributed by atoms with Crippen LogP contribution in [0.15, 0.2) is 0 Å². The highest BCUT2D eigenvalue weighted by Gasteiger charge is 2.47. The van der Waals surface area contributed by atoms with Crippen LogP contribution in [0.5, 0.6) is 0 Å². The van der Waals surface area contributed by atoms with Crippen LogP contribution in [0.2, 0.25) is 0 Å². The number of nitrogens with zero attached hydrogens (tertiary/aromatic N) is 1. The normalized spacial score (nSPS) is 41.2. The Labute approximate surface area is 110 Å². The van der Waals surface area contributed by atoms with Crippen LogP contribution in [0.3, 0.4) is 0 Å². The first-order chi connectivity index (χ1) is 8.47. The van der Waals surface area contributed by atoms with Crippen molar-refractivity contribution < 1.29 is 4.79 Å². The van der Waals surface area contributed by atoms with Crippen molar-refractivity contribution in [2.75, 3.05) is 26.7 Å². The Morgan fingerprint density at radius 1 is 1.44 bits per heavy atom. The van der Waals surface area contributed by atoms with Gasteiger partial charge in [-0.05, 0) is 44.7 Å². The van der Waals surface area contributed by atoms with Gasteiger partial charge in [0.25, 0.3) is 0 Å². The molecule has 1 saturated heterocycles. The van der Waals surface area contributed by atoms with Crippen LogP contribution in [0.4, 0.5) is 0 Å². The molecule has 1 amide bonds. The van der Waals surface area contributed by atoms with E-state index < -0.39 is 0 Å². The van der Waals surface area contributed by atoms with E-state index in [1.165, 1.54) is 0 Å². The topological polar surface area (TPSA) is 58.4 Å². The van der Waals surface area contributed by atoms with Gasteiger partial charge in [0.2, 0.25) is 5.91 Å². The van der Waals surface area contributed by atoms with Gasteiger partial charge in [0.05, 0.1) is 5.41 Å². The van der Waals surface area contributed by atoms with Crippen LogP contribution in [0.25, 0.3) is 0 Å². The van der Waals surface area contributed by atoms with Crippen molar-refractivity contribution in [3.05, 3.63) is 0 Å². The maximum absolute atomic E-state index is 12.4. The summed E-state index contributed by atoms with van der Waals surface area (Å²) < 4.78 is 0. The molecule has 4 nitrogen and oxygen atoms in total. The number of piperidine rings is 1. The van der Waals surface area contributed by atoms with Crippen molar-refractivity contribution in [3.8, 4) is 0 Å². The number of likely N-dealkylation sites (tertiary alicyclic amines) is 1. The zero-order chi connectivity index (χ0) is 13.3. The third kappa shape index (κ3) is 2.54. The van der Waals surface area contributed by atoms with Crippen molar-refractivity contribution in [2.45, 2.75) is 39.2 Å². The molecule has 104 valence electrons. The lowest BCUT2D eigenvalue weighted by Gasteiger charge is -2.46. The molecular weight excluding hydrogens is 226 g/mol. The highest BCUT2D eigenvalue weighted by molar-refractivity contribution is 5.84. The van der Waals surface area contributed by atoms with Gasteiger partial charge in [0, 0.05) is 19.1 Å². The minimum Gasteiger partial charge on any atom is -0.352 e. The number of nitrogens with two attached hydrogens (primary N) is 1. The highest BCUT2D eigenvalue weighted by atomic mass is 16.2. The predicted molar refractivity (Wildman–Crippen MR) is 73.1 cm³/mol. The lowest BCUT2D eigenvalue weighted by molar-refractivity contribution is -0.139. The van der Waals surface area contributed by atoms with Gasteiger partial charge in [0.15, 0.2) is 0 Å². The third-order valence-electron chi connectivity index (χ3n) is 4.78. The van der Waals surface area contributed by atoms with Gasteiger partial charge in [-0.15, -0.1) is 0 Å². The molecule has 1 heterocycles. The van der Waals surface area contributed by atoms with E-state index in [0.717, 1.165) is 32.4 Å². The summed E-state index contributed by atoms with van der Waals surface area (Å²) in [5.74, 6) is 1.37. The number of hydrogen-bond acceptors (Lipinski definition) is 3. The first-order valence-corrected chi connectivity index (χ1v) is 7.16. The van der Waals surface area contributed by atoms with E-state index in [1.54, 1.807) is 0 Å². The number of rotatable bonds is 3. The summed E-state index contributed by atoms with van der Waals surface area (Å²) in [6.07, 6.45) is 2.96. The quantitative estimate of drug-likeness (QED) is 0.783. The fourth-order valence-corrected chi connectivity index (χ4v) is 3.61. The molecular formula is C14H27N3O. The molecule has 2 atom stereocenters. The predicted octanol–water partition coefficient (Wildman–Crippen LogP) is 0.818. The molecule has 0 aromatic rings. The summed E-state index contributed by atoms with van der Waals surface area (Å²) in [6, 6.07) is 0.327. The fraction of sp³-hybridized carbons (Fsp3) is 0.929. The maximum Gasteiger partial charge on any atom is 0.227 e. The van der Waals surface area contributed by atoms with Gasteiger partial charge in [0.1, 0.15) is 0 Å². The highest BCUT2D eigenvalue weighted by Crippen LogP contribution is 2.45. The number of carbonyl (C=O) groups excluding carboxylic acids is 1. The van der Waals surface area contributed by atoms with Crippen molar-refractivity contribution >= 4 is 5.91 Å². The smallest absolute Gasteiger partial charge is 0.227 e. The summed E-state index contributed by atoms with van der Waals surface area (Å²) in [6.45, 7) is 7.04. The van der Waals surface area contributed by atoms with Crippen molar-refractivity contribution in [2.24, 2.45) is 23.0 Å². The van der Waals surface area contributed by atoms with E-state index in [2.05, 4.69) is 31.1 Å². The lowest BCUT2D eigenvalue weighted by Crippen LogP contribution is -2.58. The second-order valence-electron chi connectivity index (χ2n) is 6.61. The number of amides is 1.